The highest BCUT2D eigenvalue weighted by molar-refractivity contribution is 5.92. The first-order valence-electron chi connectivity index (χ1n) is 10.9. The Morgan fingerprint density at radius 2 is 1.41 bits per heavy atom. The van der Waals surface area contributed by atoms with Crippen LogP contribution >= 0.6 is 0 Å². The van der Waals surface area contributed by atoms with E-state index in [-0.39, 0.29) is 11.3 Å². The molecule has 0 aliphatic rings. The van der Waals surface area contributed by atoms with Gasteiger partial charge in [-0.25, -0.2) is 4.79 Å². The Hall–Kier alpha value is -1.77. The van der Waals surface area contributed by atoms with Gasteiger partial charge in [-0.1, -0.05) is 89.0 Å². The maximum Gasteiger partial charge on any atom is 0.339 e. The molecule has 0 aliphatic carbocycles. The van der Waals surface area contributed by atoms with Crippen molar-refractivity contribution in [3.63, 3.8) is 0 Å². The van der Waals surface area contributed by atoms with Crippen molar-refractivity contribution in [2.75, 3.05) is 0 Å². The lowest BCUT2D eigenvalue weighted by Gasteiger charge is -2.08. The first-order valence-corrected chi connectivity index (χ1v) is 10.9. The van der Waals surface area contributed by atoms with E-state index in [1.807, 2.05) is 6.07 Å². The minimum absolute atomic E-state index is 0.0673. The van der Waals surface area contributed by atoms with Crippen LogP contribution in [0.1, 0.15) is 106 Å². The summed E-state index contributed by atoms with van der Waals surface area (Å²) in [6.45, 7) is 2.23. The molecule has 0 aromatic heterocycles. The molecule has 0 saturated carbocycles. The second kappa shape index (κ2) is 15.3. The number of aromatic carboxylic acids is 1. The number of allylic oxidation sites excluding steroid dienone is 2. The number of rotatable bonds is 16. The monoisotopic (exact) mass is 374 g/mol. The van der Waals surface area contributed by atoms with Gasteiger partial charge in [0.1, 0.15) is 11.3 Å². The van der Waals surface area contributed by atoms with Crippen molar-refractivity contribution in [1.29, 1.82) is 0 Å². The van der Waals surface area contributed by atoms with Crippen LogP contribution in [-0.4, -0.2) is 16.2 Å². The summed E-state index contributed by atoms with van der Waals surface area (Å²) in [5, 5.41) is 18.9. The molecule has 1 aromatic rings. The fourth-order valence-corrected chi connectivity index (χ4v) is 3.41. The number of hydrogen-bond donors (Lipinski definition) is 2. The molecule has 1 rings (SSSR count). The van der Waals surface area contributed by atoms with E-state index in [1.165, 1.54) is 76.7 Å². The zero-order chi connectivity index (χ0) is 19.7. The number of hydrogen-bond acceptors (Lipinski definition) is 2. The largest absolute Gasteiger partial charge is 0.507 e. The van der Waals surface area contributed by atoms with Crippen molar-refractivity contribution in [3.05, 3.63) is 41.5 Å². The fourth-order valence-electron chi connectivity index (χ4n) is 3.41. The minimum atomic E-state index is -1.04. The van der Waals surface area contributed by atoms with Crippen LogP contribution < -0.4 is 0 Å². The summed E-state index contributed by atoms with van der Waals surface area (Å²) in [6, 6.07) is 4.97. The van der Waals surface area contributed by atoms with Crippen LogP contribution in [0, 0.1) is 0 Å². The Bertz CT molecular complexity index is 549. The van der Waals surface area contributed by atoms with Gasteiger partial charge in [-0.2, -0.15) is 0 Å². The van der Waals surface area contributed by atoms with E-state index in [4.69, 9.17) is 0 Å². The van der Waals surface area contributed by atoms with E-state index >= 15 is 0 Å². The van der Waals surface area contributed by atoms with Crippen LogP contribution in [0.15, 0.2) is 30.4 Å². The van der Waals surface area contributed by atoms with E-state index in [1.54, 1.807) is 6.07 Å². The number of carboxylic acid groups (broad SMARTS) is 1. The number of carboxylic acids is 1. The SMILES string of the molecule is CCCC/C=C/CCCCCCCCCCCc1cccc(O)c1C(=O)O. The van der Waals surface area contributed by atoms with Crippen molar-refractivity contribution >= 4 is 5.97 Å². The Kier molecular flexibility index (Phi) is 13.2. The smallest absolute Gasteiger partial charge is 0.339 e. The van der Waals surface area contributed by atoms with Crippen molar-refractivity contribution < 1.29 is 15.0 Å². The van der Waals surface area contributed by atoms with Crippen molar-refractivity contribution in [2.45, 2.75) is 96.8 Å². The molecule has 0 aliphatic heterocycles. The Labute approximate surface area is 165 Å². The average molecular weight is 375 g/mol. The highest BCUT2D eigenvalue weighted by Crippen LogP contribution is 2.23. The highest BCUT2D eigenvalue weighted by Gasteiger charge is 2.14. The fraction of sp³-hybridized carbons (Fsp3) is 0.625. The third kappa shape index (κ3) is 10.8. The summed E-state index contributed by atoms with van der Waals surface area (Å²) < 4.78 is 0. The minimum Gasteiger partial charge on any atom is -0.507 e. The molecule has 2 N–H and O–H groups in total. The van der Waals surface area contributed by atoms with Gasteiger partial charge in [-0.05, 0) is 43.7 Å². The van der Waals surface area contributed by atoms with Crippen molar-refractivity contribution in [2.24, 2.45) is 0 Å². The van der Waals surface area contributed by atoms with Gasteiger partial charge in [0, 0.05) is 0 Å². The van der Waals surface area contributed by atoms with Gasteiger partial charge in [0.25, 0.3) is 0 Å². The average Bonchev–Trinajstić information content (AvgIpc) is 2.64. The van der Waals surface area contributed by atoms with Crippen molar-refractivity contribution in [1.82, 2.24) is 0 Å². The molecular formula is C24H38O3. The van der Waals surface area contributed by atoms with Gasteiger partial charge in [0.15, 0.2) is 0 Å². The number of carbonyl (C=O) groups is 1. The summed E-state index contributed by atoms with van der Waals surface area (Å²) in [5.74, 6) is -1.17. The third-order valence-corrected chi connectivity index (χ3v) is 5.05. The predicted molar refractivity (Wildman–Crippen MR) is 114 cm³/mol. The molecule has 0 bridgehead atoms. The van der Waals surface area contributed by atoms with Gasteiger partial charge < -0.3 is 10.2 Å². The van der Waals surface area contributed by atoms with E-state index < -0.39 is 5.97 Å². The molecule has 27 heavy (non-hydrogen) atoms. The molecule has 0 spiro atoms. The number of aromatic hydroxyl groups is 1. The van der Waals surface area contributed by atoms with Crippen LogP contribution in [0.3, 0.4) is 0 Å². The normalized spacial score (nSPS) is 11.3. The van der Waals surface area contributed by atoms with Gasteiger partial charge in [0.2, 0.25) is 0 Å². The zero-order valence-corrected chi connectivity index (χ0v) is 17.1. The molecule has 0 fully saturated rings. The van der Waals surface area contributed by atoms with Gasteiger partial charge in [-0.15, -0.1) is 0 Å². The molecule has 0 saturated heterocycles. The lowest BCUT2D eigenvalue weighted by atomic mass is 9.99. The molecule has 0 atom stereocenters. The molecule has 0 amide bonds. The topological polar surface area (TPSA) is 57.5 Å². The number of phenols is 1. The molecule has 0 radical (unpaired) electrons. The lowest BCUT2D eigenvalue weighted by molar-refractivity contribution is 0.0692. The molecule has 0 heterocycles. The molecule has 1 aromatic carbocycles. The molecular weight excluding hydrogens is 336 g/mol. The van der Waals surface area contributed by atoms with Crippen LogP contribution in [0.25, 0.3) is 0 Å². The number of aryl methyl sites for hydroxylation is 1. The summed E-state index contributed by atoms with van der Waals surface area (Å²) in [6.07, 6.45) is 21.7. The standard InChI is InChI=1S/C24H38O3/c1-2-3-4-5-6-7-8-9-10-11-12-13-14-15-16-18-21-19-17-20-22(25)23(21)24(26)27/h5-6,17,19-20,25H,2-4,7-16,18H2,1H3,(H,26,27)/b6-5+. The van der Waals surface area contributed by atoms with Gasteiger partial charge in [-0.3, -0.25) is 0 Å². The third-order valence-electron chi connectivity index (χ3n) is 5.05. The lowest BCUT2D eigenvalue weighted by Crippen LogP contribution is -2.03. The van der Waals surface area contributed by atoms with Gasteiger partial charge in [0.05, 0.1) is 0 Å². The van der Waals surface area contributed by atoms with Crippen LogP contribution in [-0.2, 0) is 6.42 Å². The summed E-state index contributed by atoms with van der Waals surface area (Å²) in [5.41, 5.74) is 0.809. The quantitative estimate of drug-likeness (QED) is 0.236. The van der Waals surface area contributed by atoms with Crippen LogP contribution in [0.2, 0.25) is 0 Å². The van der Waals surface area contributed by atoms with Gasteiger partial charge >= 0.3 is 5.97 Å². The number of benzene rings is 1. The molecule has 3 heteroatoms. The Morgan fingerprint density at radius 1 is 0.852 bits per heavy atom. The second-order valence-corrected chi connectivity index (χ2v) is 7.45. The summed E-state index contributed by atoms with van der Waals surface area (Å²) in [4.78, 5) is 11.2. The molecule has 3 nitrogen and oxygen atoms in total. The Morgan fingerprint density at radius 3 is 2.00 bits per heavy atom. The van der Waals surface area contributed by atoms with E-state index in [0.29, 0.717) is 0 Å². The maximum atomic E-state index is 11.2. The van der Waals surface area contributed by atoms with Crippen molar-refractivity contribution in [3.8, 4) is 5.75 Å². The summed E-state index contributed by atoms with van der Waals surface area (Å²) in [7, 11) is 0. The Balaban J connectivity index is 1.98. The maximum absolute atomic E-state index is 11.2. The number of unbranched alkanes of at least 4 members (excludes halogenated alkanes) is 11. The first kappa shape index (κ1) is 23.3. The predicted octanol–water partition coefficient (Wildman–Crippen LogP) is 7.28. The first-order chi connectivity index (χ1) is 13.2. The zero-order valence-electron chi connectivity index (χ0n) is 17.1. The second-order valence-electron chi connectivity index (χ2n) is 7.45. The van der Waals surface area contributed by atoms with E-state index in [9.17, 15) is 15.0 Å². The summed E-state index contributed by atoms with van der Waals surface area (Å²) >= 11 is 0. The molecule has 0 unspecified atom stereocenters. The molecule has 152 valence electrons. The van der Waals surface area contributed by atoms with Crippen LogP contribution in [0.4, 0.5) is 0 Å². The highest BCUT2D eigenvalue weighted by atomic mass is 16.4. The van der Waals surface area contributed by atoms with Crippen LogP contribution in [0.5, 0.6) is 5.75 Å². The van der Waals surface area contributed by atoms with E-state index in [0.717, 1.165) is 24.8 Å². The van der Waals surface area contributed by atoms with E-state index in [2.05, 4.69) is 19.1 Å².